The molecule has 1 atom stereocenters. The predicted molar refractivity (Wildman–Crippen MR) is 118 cm³/mol. The summed E-state index contributed by atoms with van der Waals surface area (Å²) in [6.07, 6.45) is 0.987. The second kappa shape index (κ2) is 11.0. The molecule has 1 unspecified atom stereocenters. The predicted octanol–water partition coefficient (Wildman–Crippen LogP) is 5.72. The summed E-state index contributed by atoms with van der Waals surface area (Å²) in [5, 5.41) is 3.47. The maximum atomic E-state index is 6.18. The van der Waals surface area contributed by atoms with Crippen molar-refractivity contribution in [2.45, 2.75) is 26.4 Å². The topological polar surface area (TPSA) is 39.7 Å². The molecule has 0 radical (unpaired) electrons. The fourth-order valence-corrected chi connectivity index (χ4v) is 2.93. The Morgan fingerprint density at radius 1 is 0.759 bits per heavy atom. The van der Waals surface area contributed by atoms with Gasteiger partial charge in [-0.25, -0.2) is 0 Å². The van der Waals surface area contributed by atoms with Gasteiger partial charge >= 0.3 is 0 Å². The van der Waals surface area contributed by atoms with E-state index < -0.39 is 0 Å². The van der Waals surface area contributed by atoms with Gasteiger partial charge in [-0.2, -0.15) is 0 Å². The van der Waals surface area contributed by atoms with Crippen LogP contribution in [0.4, 0.5) is 5.69 Å². The third kappa shape index (κ3) is 6.46. The number of rotatable bonds is 11. The minimum absolute atomic E-state index is 0.0746. The lowest BCUT2D eigenvalue weighted by Gasteiger charge is -2.21. The van der Waals surface area contributed by atoms with E-state index in [1.54, 1.807) is 0 Å². The van der Waals surface area contributed by atoms with Gasteiger partial charge in [-0.15, -0.1) is 0 Å². The van der Waals surface area contributed by atoms with Gasteiger partial charge in [0.25, 0.3) is 0 Å². The van der Waals surface area contributed by atoms with Crippen molar-refractivity contribution in [1.29, 1.82) is 0 Å². The first-order valence-electron chi connectivity index (χ1n) is 10.1. The van der Waals surface area contributed by atoms with Crippen molar-refractivity contribution >= 4 is 5.69 Å². The highest BCUT2D eigenvalue weighted by molar-refractivity contribution is 5.56. The molecule has 152 valence electrons. The molecule has 0 aromatic heterocycles. The average Bonchev–Trinajstić information content (AvgIpc) is 2.77. The second-order valence-corrected chi connectivity index (χ2v) is 6.80. The average molecular weight is 392 g/mol. The highest BCUT2D eigenvalue weighted by Gasteiger charge is 2.11. The van der Waals surface area contributed by atoms with Gasteiger partial charge in [0.05, 0.1) is 12.2 Å². The molecule has 0 heterocycles. The summed E-state index contributed by atoms with van der Waals surface area (Å²) in [5.74, 6) is 2.60. The standard InChI is InChI=1S/C25H29NO3/c1-3-21(29-24-15-9-7-11-20(24)2)19-26-23-14-8-10-16-25(23)28-18-17-27-22-12-5-4-6-13-22/h4-16,21,26H,3,17-19H2,1-2H3. The molecule has 0 bridgehead atoms. The fraction of sp³-hybridized carbons (Fsp3) is 0.280. The smallest absolute Gasteiger partial charge is 0.142 e. The minimum Gasteiger partial charge on any atom is -0.490 e. The molecule has 3 rings (SSSR count). The van der Waals surface area contributed by atoms with Crippen LogP contribution >= 0.6 is 0 Å². The molecule has 3 aromatic rings. The van der Waals surface area contributed by atoms with Crippen molar-refractivity contribution in [3.05, 3.63) is 84.4 Å². The summed E-state index contributed by atoms with van der Waals surface area (Å²) < 4.78 is 17.8. The first-order valence-corrected chi connectivity index (χ1v) is 10.1. The van der Waals surface area contributed by atoms with E-state index in [2.05, 4.69) is 25.2 Å². The van der Waals surface area contributed by atoms with Crippen molar-refractivity contribution < 1.29 is 14.2 Å². The highest BCUT2D eigenvalue weighted by Crippen LogP contribution is 2.25. The van der Waals surface area contributed by atoms with Crippen LogP contribution in [0.25, 0.3) is 0 Å². The van der Waals surface area contributed by atoms with E-state index in [4.69, 9.17) is 14.2 Å². The van der Waals surface area contributed by atoms with Gasteiger partial charge in [-0.05, 0) is 49.2 Å². The van der Waals surface area contributed by atoms with Crippen LogP contribution in [-0.4, -0.2) is 25.9 Å². The molecule has 0 saturated carbocycles. The Hall–Kier alpha value is -3.14. The van der Waals surface area contributed by atoms with E-state index in [1.807, 2.05) is 72.8 Å². The zero-order valence-corrected chi connectivity index (χ0v) is 17.1. The number of benzene rings is 3. The van der Waals surface area contributed by atoms with Crippen molar-refractivity contribution in [2.24, 2.45) is 0 Å². The molecule has 0 spiro atoms. The van der Waals surface area contributed by atoms with Crippen LogP contribution in [0.1, 0.15) is 18.9 Å². The molecule has 0 aliphatic heterocycles. The van der Waals surface area contributed by atoms with E-state index in [0.29, 0.717) is 19.8 Å². The van der Waals surface area contributed by atoms with Gasteiger partial charge in [0.15, 0.2) is 0 Å². The van der Waals surface area contributed by atoms with E-state index in [1.165, 1.54) is 0 Å². The number of nitrogens with one attached hydrogen (secondary N) is 1. The quantitative estimate of drug-likeness (QED) is 0.424. The fourth-order valence-electron chi connectivity index (χ4n) is 2.93. The molecule has 0 aliphatic rings. The molecular weight excluding hydrogens is 362 g/mol. The lowest BCUT2D eigenvalue weighted by Crippen LogP contribution is -2.26. The Morgan fingerprint density at radius 2 is 1.41 bits per heavy atom. The molecule has 0 fully saturated rings. The number of hydrogen-bond donors (Lipinski definition) is 1. The molecule has 29 heavy (non-hydrogen) atoms. The summed E-state index contributed by atoms with van der Waals surface area (Å²) in [6, 6.07) is 25.8. The number of aryl methyl sites for hydroxylation is 1. The van der Waals surface area contributed by atoms with Crippen LogP contribution in [0.2, 0.25) is 0 Å². The van der Waals surface area contributed by atoms with Gasteiger partial charge in [-0.3, -0.25) is 0 Å². The van der Waals surface area contributed by atoms with E-state index >= 15 is 0 Å². The lowest BCUT2D eigenvalue weighted by atomic mass is 10.2. The summed E-state index contributed by atoms with van der Waals surface area (Å²) in [7, 11) is 0. The monoisotopic (exact) mass is 391 g/mol. The molecular formula is C25H29NO3. The number of para-hydroxylation sites is 4. The first-order chi connectivity index (χ1) is 14.3. The molecule has 3 aromatic carbocycles. The molecule has 4 nitrogen and oxygen atoms in total. The SMILES string of the molecule is CCC(CNc1ccccc1OCCOc1ccccc1)Oc1ccccc1C. The van der Waals surface area contributed by atoms with Gasteiger partial charge in [-0.1, -0.05) is 55.5 Å². The molecule has 4 heteroatoms. The van der Waals surface area contributed by atoms with Gasteiger partial charge < -0.3 is 19.5 Å². The molecule has 0 amide bonds. The summed E-state index contributed by atoms with van der Waals surface area (Å²) in [5.41, 5.74) is 2.10. The Labute approximate surface area is 173 Å². The zero-order valence-electron chi connectivity index (χ0n) is 17.1. The van der Waals surface area contributed by atoms with Gasteiger partial charge in [0.2, 0.25) is 0 Å². The van der Waals surface area contributed by atoms with E-state index in [-0.39, 0.29) is 6.10 Å². The second-order valence-electron chi connectivity index (χ2n) is 6.80. The Bertz CT molecular complexity index is 867. The molecule has 1 N–H and O–H groups in total. The summed E-state index contributed by atoms with van der Waals surface area (Å²) >= 11 is 0. The first kappa shape index (κ1) is 20.6. The summed E-state index contributed by atoms with van der Waals surface area (Å²) in [6.45, 7) is 5.87. The third-order valence-electron chi connectivity index (χ3n) is 4.60. The number of hydrogen-bond acceptors (Lipinski definition) is 4. The van der Waals surface area contributed by atoms with Crippen molar-refractivity contribution in [3.63, 3.8) is 0 Å². The highest BCUT2D eigenvalue weighted by atomic mass is 16.5. The Morgan fingerprint density at radius 3 is 2.17 bits per heavy atom. The van der Waals surface area contributed by atoms with E-state index in [9.17, 15) is 0 Å². The lowest BCUT2D eigenvalue weighted by molar-refractivity contribution is 0.207. The normalized spacial score (nSPS) is 11.5. The summed E-state index contributed by atoms with van der Waals surface area (Å²) in [4.78, 5) is 0. The third-order valence-corrected chi connectivity index (χ3v) is 4.60. The van der Waals surface area contributed by atoms with Crippen molar-refractivity contribution in [3.8, 4) is 17.2 Å². The van der Waals surface area contributed by atoms with Crippen LogP contribution in [0, 0.1) is 6.92 Å². The van der Waals surface area contributed by atoms with Crippen LogP contribution in [0.15, 0.2) is 78.9 Å². The number of ether oxygens (including phenoxy) is 3. The maximum absolute atomic E-state index is 6.18. The zero-order chi connectivity index (χ0) is 20.3. The molecule has 0 saturated heterocycles. The maximum Gasteiger partial charge on any atom is 0.142 e. The Kier molecular flexibility index (Phi) is 7.81. The largest absolute Gasteiger partial charge is 0.490 e. The molecule has 0 aliphatic carbocycles. The van der Waals surface area contributed by atoms with Crippen molar-refractivity contribution in [2.75, 3.05) is 25.1 Å². The van der Waals surface area contributed by atoms with Gasteiger partial charge in [0.1, 0.15) is 36.6 Å². The van der Waals surface area contributed by atoms with Crippen LogP contribution in [0.5, 0.6) is 17.2 Å². The van der Waals surface area contributed by atoms with Gasteiger partial charge in [0, 0.05) is 0 Å². The van der Waals surface area contributed by atoms with Crippen LogP contribution in [0.3, 0.4) is 0 Å². The number of anilines is 1. The minimum atomic E-state index is 0.0746. The van der Waals surface area contributed by atoms with E-state index in [0.717, 1.165) is 34.9 Å². The van der Waals surface area contributed by atoms with Crippen molar-refractivity contribution in [1.82, 2.24) is 0 Å². The van der Waals surface area contributed by atoms with Crippen LogP contribution in [-0.2, 0) is 0 Å². The van der Waals surface area contributed by atoms with Crippen LogP contribution < -0.4 is 19.5 Å². The Balaban J connectivity index is 1.50.